The van der Waals surface area contributed by atoms with Crippen LogP contribution in [-0.4, -0.2) is 30.3 Å². The van der Waals surface area contributed by atoms with Crippen molar-refractivity contribution in [1.82, 2.24) is 9.29 Å². The number of sulfonamides is 1. The highest BCUT2D eigenvalue weighted by molar-refractivity contribution is 7.89. The van der Waals surface area contributed by atoms with Crippen LogP contribution in [0.25, 0.3) is 0 Å². The fourth-order valence-corrected chi connectivity index (χ4v) is 5.31. The average Bonchev–Trinajstić information content (AvgIpc) is 2.54. The third-order valence-electron chi connectivity index (χ3n) is 4.65. The van der Waals surface area contributed by atoms with Crippen molar-refractivity contribution < 1.29 is 8.42 Å². The average molecular weight is 305 g/mol. The van der Waals surface area contributed by atoms with E-state index in [1.165, 1.54) is 24.8 Å². The predicted molar refractivity (Wildman–Crippen MR) is 77.8 cm³/mol. The van der Waals surface area contributed by atoms with Gasteiger partial charge in [-0.2, -0.15) is 9.57 Å². The lowest BCUT2D eigenvalue weighted by Gasteiger charge is -2.43. The van der Waals surface area contributed by atoms with Crippen LogP contribution in [0, 0.1) is 17.2 Å². The molecule has 1 saturated heterocycles. The summed E-state index contributed by atoms with van der Waals surface area (Å²) in [5.41, 5.74) is 0.239. The van der Waals surface area contributed by atoms with Gasteiger partial charge < -0.3 is 0 Å². The lowest BCUT2D eigenvalue weighted by atomic mass is 9.79. The van der Waals surface area contributed by atoms with Crippen LogP contribution in [0.4, 0.5) is 0 Å². The first-order chi connectivity index (χ1) is 10.1. The van der Waals surface area contributed by atoms with Gasteiger partial charge in [-0.1, -0.05) is 12.8 Å². The van der Waals surface area contributed by atoms with Crippen molar-refractivity contribution in [2.45, 2.75) is 49.5 Å². The zero-order valence-corrected chi connectivity index (χ0v) is 12.7. The van der Waals surface area contributed by atoms with E-state index in [-0.39, 0.29) is 16.6 Å². The van der Waals surface area contributed by atoms with Gasteiger partial charge in [0.2, 0.25) is 10.0 Å². The van der Waals surface area contributed by atoms with E-state index in [1.54, 1.807) is 4.31 Å². The molecule has 2 fully saturated rings. The third kappa shape index (κ3) is 2.68. The first kappa shape index (κ1) is 14.5. The lowest BCUT2D eigenvalue weighted by molar-refractivity contribution is 0.129. The number of aromatic nitrogens is 1. The summed E-state index contributed by atoms with van der Waals surface area (Å²) in [5.74, 6) is 0.508. The normalized spacial score (nSPS) is 26.8. The van der Waals surface area contributed by atoms with Gasteiger partial charge in [-0.3, -0.25) is 0 Å². The van der Waals surface area contributed by atoms with Crippen LogP contribution < -0.4 is 0 Å². The largest absolute Gasteiger partial charge is 0.244 e. The Morgan fingerprint density at radius 3 is 2.67 bits per heavy atom. The fraction of sp³-hybridized carbons (Fsp3) is 0.600. The summed E-state index contributed by atoms with van der Waals surface area (Å²) < 4.78 is 27.4. The van der Waals surface area contributed by atoms with Gasteiger partial charge in [-0.05, 0) is 43.7 Å². The molecule has 0 radical (unpaired) electrons. The number of nitriles is 1. The molecule has 112 valence electrons. The molecule has 2 heterocycles. The van der Waals surface area contributed by atoms with E-state index < -0.39 is 10.0 Å². The lowest BCUT2D eigenvalue weighted by Crippen LogP contribution is -2.49. The van der Waals surface area contributed by atoms with E-state index in [0.717, 1.165) is 32.1 Å². The Bertz CT molecular complexity index is 646. The maximum absolute atomic E-state index is 12.8. The summed E-state index contributed by atoms with van der Waals surface area (Å²) in [7, 11) is -3.50. The number of fused-ring (bicyclic) bond motifs is 1. The maximum atomic E-state index is 12.8. The van der Waals surface area contributed by atoms with Gasteiger partial charge in [0.15, 0.2) is 0 Å². The second-order valence-electron chi connectivity index (χ2n) is 5.86. The topological polar surface area (TPSA) is 74.1 Å². The summed E-state index contributed by atoms with van der Waals surface area (Å²) in [6, 6.07) is 5.02. The number of pyridine rings is 1. The molecule has 0 N–H and O–H groups in total. The van der Waals surface area contributed by atoms with Gasteiger partial charge in [0.1, 0.15) is 16.7 Å². The predicted octanol–water partition coefficient (Wildman–Crippen LogP) is 2.30. The van der Waals surface area contributed by atoms with Crippen molar-refractivity contribution in [1.29, 1.82) is 5.26 Å². The van der Waals surface area contributed by atoms with Crippen molar-refractivity contribution in [2.75, 3.05) is 6.54 Å². The molecule has 0 unspecified atom stereocenters. The summed E-state index contributed by atoms with van der Waals surface area (Å²) in [5, 5.41) is 8.76. The first-order valence-corrected chi connectivity index (χ1v) is 8.95. The molecule has 2 atom stereocenters. The highest BCUT2D eigenvalue weighted by Gasteiger charge is 2.39. The molecule has 2 aliphatic rings. The quantitative estimate of drug-likeness (QED) is 0.840. The molecule has 1 saturated carbocycles. The van der Waals surface area contributed by atoms with Crippen LogP contribution in [0.5, 0.6) is 0 Å². The van der Waals surface area contributed by atoms with E-state index in [2.05, 4.69) is 4.98 Å². The number of hydrogen-bond acceptors (Lipinski definition) is 4. The minimum absolute atomic E-state index is 0.146. The Morgan fingerprint density at radius 1 is 1.19 bits per heavy atom. The van der Waals surface area contributed by atoms with Gasteiger partial charge in [-0.15, -0.1) is 0 Å². The first-order valence-electron chi connectivity index (χ1n) is 7.51. The van der Waals surface area contributed by atoms with Crippen molar-refractivity contribution in [3.63, 3.8) is 0 Å². The van der Waals surface area contributed by atoms with E-state index in [0.29, 0.717) is 12.5 Å². The fourth-order valence-electron chi connectivity index (χ4n) is 3.61. The monoisotopic (exact) mass is 305 g/mol. The van der Waals surface area contributed by atoms with E-state index >= 15 is 0 Å². The second kappa shape index (κ2) is 5.74. The van der Waals surface area contributed by atoms with Crippen LogP contribution in [0.3, 0.4) is 0 Å². The number of nitrogens with zero attached hydrogens (tertiary/aromatic N) is 3. The Balaban J connectivity index is 1.90. The van der Waals surface area contributed by atoms with Crippen molar-refractivity contribution >= 4 is 10.0 Å². The van der Waals surface area contributed by atoms with Crippen molar-refractivity contribution in [2.24, 2.45) is 5.92 Å². The molecule has 0 aromatic carbocycles. The highest BCUT2D eigenvalue weighted by atomic mass is 32.2. The van der Waals surface area contributed by atoms with Crippen LogP contribution in [0.2, 0.25) is 0 Å². The molecule has 6 heteroatoms. The van der Waals surface area contributed by atoms with Crippen molar-refractivity contribution in [3.8, 4) is 6.07 Å². The van der Waals surface area contributed by atoms with Crippen LogP contribution >= 0.6 is 0 Å². The molecule has 21 heavy (non-hydrogen) atoms. The molecule has 0 spiro atoms. The molecular formula is C15H19N3O2S. The van der Waals surface area contributed by atoms with E-state index in [4.69, 9.17) is 5.26 Å². The zero-order chi connectivity index (χ0) is 14.9. The Kier molecular flexibility index (Phi) is 3.96. The van der Waals surface area contributed by atoms with Gasteiger partial charge in [0, 0.05) is 18.8 Å². The van der Waals surface area contributed by atoms with Crippen LogP contribution in [-0.2, 0) is 10.0 Å². The van der Waals surface area contributed by atoms with Crippen molar-refractivity contribution in [3.05, 3.63) is 24.0 Å². The molecule has 3 rings (SSSR count). The Labute approximate surface area is 125 Å². The number of hydrogen-bond donors (Lipinski definition) is 0. The van der Waals surface area contributed by atoms with Gasteiger partial charge in [0.05, 0.1) is 0 Å². The highest BCUT2D eigenvalue weighted by Crippen LogP contribution is 2.37. The third-order valence-corrected chi connectivity index (χ3v) is 6.56. The maximum Gasteiger partial charge on any atom is 0.244 e. The Morgan fingerprint density at radius 2 is 1.95 bits per heavy atom. The Hall–Kier alpha value is -1.45. The number of piperidine rings is 1. The molecule has 1 aliphatic carbocycles. The molecule has 1 aromatic heterocycles. The summed E-state index contributed by atoms with van der Waals surface area (Å²) >= 11 is 0. The minimum Gasteiger partial charge on any atom is -0.244 e. The molecule has 1 aliphatic heterocycles. The van der Waals surface area contributed by atoms with E-state index in [1.807, 2.05) is 6.07 Å². The standard InChI is InChI=1S/C15H19N3O2S/c16-10-13-7-8-14(11-17-13)21(19,20)18-9-3-5-12-4-1-2-6-15(12)18/h7-8,11-12,15H,1-6,9H2/t12-,15-/m1/s1. The summed E-state index contributed by atoms with van der Waals surface area (Å²) in [6.07, 6.45) is 7.81. The summed E-state index contributed by atoms with van der Waals surface area (Å²) in [4.78, 5) is 4.10. The van der Waals surface area contributed by atoms with Crippen LogP contribution in [0.15, 0.2) is 23.2 Å². The van der Waals surface area contributed by atoms with Gasteiger partial charge >= 0.3 is 0 Å². The number of rotatable bonds is 2. The zero-order valence-electron chi connectivity index (χ0n) is 11.9. The van der Waals surface area contributed by atoms with Gasteiger partial charge in [-0.25, -0.2) is 13.4 Å². The molecular weight excluding hydrogens is 286 g/mol. The van der Waals surface area contributed by atoms with Gasteiger partial charge in [0.25, 0.3) is 0 Å². The molecule has 5 nitrogen and oxygen atoms in total. The van der Waals surface area contributed by atoms with E-state index in [9.17, 15) is 8.42 Å². The second-order valence-corrected chi connectivity index (χ2v) is 7.75. The molecule has 1 aromatic rings. The summed E-state index contributed by atoms with van der Waals surface area (Å²) in [6.45, 7) is 0.601. The molecule has 0 bridgehead atoms. The smallest absolute Gasteiger partial charge is 0.244 e. The SMILES string of the molecule is N#Cc1ccc(S(=O)(=O)N2CCC[C@H]3CCCC[C@H]32)cn1. The minimum atomic E-state index is -3.50. The van der Waals surface area contributed by atoms with Crippen LogP contribution in [0.1, 0.15) is 44.2 Å². The molecule has 0 amide bonds.